The zero-order valence-corrected chi connectivity index (χ0v) is 12.1. The summed E-state index contributed by atoms with van der Waals surface area (Å²) in [5.41, 5.74) is 5.89. The zero-order chi connectivity index (χ0) is 13.4. The Hall–Kier alpha value is -1.10. The molecule has 1 rings (SSSR count). The fourth-order valence-corrected chi connectivity index (χ4v) is 1.55. The fourth-order valence-electron chi connectivity index (χ4n) is 1.43. The molecule has 0 fully saturated rings. The van der Waals surface area contributed by atoms with Crippen LogP contribution in [0, 0.1) is 0 Å². The molecule has 0 heterocycles. The molecule has 0 radical (unpaired) electrons. The maximum Gasteiger partial charge on any atom is 0.220 e. The molecular weight excluding hydrogens is 287 g/mol. The molecule has 0 unspecified atom stereocenters. The van der Waals surface area contributed by atoms with Crippen LogP contribution < -0.4 is 11.1 Å². The third kappa shape index (κ3) is 7.15. The van der Waals surface area contributed by atoms with Gasteiger partial charge >= 0.3 is 0 Å². The van der Waals surface area contributed by atoms with Crippen molar-refractivity contribution in [2.24, 2.45) is 5.73 Å². The lowest BCUT2D eigenvalue weighted by Gasteiger charge is -2.04. The molecule has 0 aliphatic carbocycles. The van der Waals surface area contributed by atoms with Crippen molar-refractivity contribution in [3.05, 3.63) is 34.9 Å². The van der Waals surface area contributed by atoms with Crippen LogP contribution in [-0.2, 0) is 4.79 Å². The summed E-state index contributed by atoms with van der Waals surface area (Å²) in [5.74, 6) is -0.175. The average molecular weight is 305 g/mol. The molecule has 1 aromatic carbocycles. The number of benzene rings is 1. The summed E-state index contributed by atoms with van der Waals surface area (Å²) in [6, 6.07) is 6.65. The molecule has 0 spiro atoms. The Labute approximate surface area is 124 Å². The Morgan fingerprint density at radius 2 is 1.79 bits per heavy atom. The maximum absolute atomic E-state index is 11.7. The largest absolute Gasteiger partial charge is 0.356 e. The maximum atomic E-state index is 11.7. The van der Waals surface area contributed by atoms with Gasteiger partial charge in [0.25, 0.3) is 0 Å². The molecule has 3 N–H and O–H groups in total. The van der Waals surface area contributed by atoms with E-state index in [-0.39, 0.29) is 36.9 Å². The molecule has 106 valence electrons. The van der Waals surface area contributed by atoms with Crippen molar-refractivity contribution in [1.29, 1.82) is 0 Å². The van der Waals surface area contributed by atoms with E-state index in [2.05, 4.69) is 5.32 Å². The van der Waals surface area contributed by atoms with Gasteiger partial charge < -0.3 is 11.1 Å². The van der Waals surface area contributed by atoms with Gasteiger partial charge in [0.2, 0.25) is 5.91 Å². The summed E-state index contributed by atoms with van der Waals surface area (Å²) in [5, 5.41) is 3.30. The lowest BCUT2D eigenvalue weighted by Crippen LogP contribution is -2.26. The Bertz CT molecular complexity index is 408. The van der Waals surface area contributed by atoms with Gasteiger partial charge in [-0.05, 0) is 37.2 Å². The standard InChI is InChI=1S/C13H17ClN2O2.ClH/c14-11-4-2-10(3-5-11)12(17)6-7-13(18)16-9-1-8-15;/h2-5H,1,6-9,15H2,(H,16,18);1H. The van der Waals surface area contributed by atoms with Crippen LogP contribution in [0.1, 0.15) is 29.6 Å². The third-order valence-corrected chi connectivity index (χ3v) is 2.70. The van der Waals surface area contributed by atoms with Gasteiger partial charge in [-0.25, -0.2) is 0 Å². The van der Waals surface area contributed by atoms with E-state index in [1.165, 1.54) is 0 Å². The quantitative estimate of drug-likeness (QED) is 0.599. The van der Waals surface area contributed by atoms with Crippen LogP contribution in [0.5, 0.6) is 0 Å². The van der Waals surface area contributed by atoms with Crippen molar-refractivity contribution in [2.75, 3.05) is 13.1 Å². The van der Waals surface area contributed by atoms with Crippen LogP contribution in [0.15, 0.2) is 24.3 Å². The number of rotatable bonds is 7. The van der Waals surface area contributed by atoms with Crippen molar-refractivity contribution in [1.82, 2.24) is 5.32 Å². The molecule has 0 saturated heterocycles. The van der Waals surface area contributed by atoms with Crippen LogP contribution in [0.25, 0.3) is 0 Å². The van der Waals surface area contributed by atoms with Crippen LogP contribution >= 0.6 is 24.0 Å². The van der Waals surface area contributed by atoms with E-state index in [4.69, 9.17) is 17.3 Å². The highest BCUT2D eigenvalue weighted by Crippen LogP contribution is 2.11. The molecule has 0 atom stereocenters. The van der Waals surface area contributed by atoms with Gasteiger partial charge in [-0.1, -0.05) is 11.6 Å². The smallest absolute Gasteiger partial charge is 0.220 e. The van der Waals surface area contributed by atoms with Gasteiger partial charge in [0, 0.05) is 30.0 Å². The van der Waals surface area contributed by atoms with E-state index in [9.17, 15) is 9.59 Å². The summed E-state index contributed by atoms with van der Waals surface area (Å²) < 4.78 is 0. The summed E-state index contributed by atoms with van der Waals surface area (Å²) in [6.07, 6.45) is 1.15. The van der Waals surface area contributed by atoms with Gasteiger partial charge in [-0.2, -0.15) is 0 Å². The predicted octanol–water partition coefficient (Wildman–Crippen LogP) is 2.19. The molecule has 6 heteroatoms. The number of halogens is 2. The van der Waals surface area contributed by atoms with Gasteiger partial charge in [0.15, 0.2) is 5.78 Å². The number of nitrogens with one attached hydrogen (secondary N) is 1. The SMILES string of the molecule is Cl.NCCCNC(=O)CCC(=O)c1ccc(Cl)cc1. The van der Waals surface area contributed by atoms with Crippen molar-refractivity contribution < 1.29 is 9.59 Å². The highest BCUT2D eigenvalue weighted by atomic mass is 35.5. The highest BCUT2D eigenvalue weighted by Gasteiger charge is 2.08. The first kappa shape index (κ1) is 17.9. The van der Waals surface area contributed by atoms with E-state index in [1.807, 2.05) is 0 Å². The lowest BCUT2D eigenvalue weighted by atomic mass is 10.1. The molecular formula is C13H18Cl2N2O2. The second kappa shape index (κ2) is 9.78. The first-order chi connectivity index (χ1) is 8.63. The number of nitrogens with two attached hydrogens (primary N) is 1. The molecule has 0 bridgehead atoms. The second-order valence-corrected chi connectivity index (χ2v) is 4.36. The van der Waals surface area contributed by atoms with Gasteiger partial charge in [-0.15, -0.1) is 12.4 Å². The number of amides is 1. The van der Waals surface area contributed by atoms with Crippen LogP contribution in [0.4, 0.5) is 0 Å². The Kier molecular flexibility index (Phi) is 9.21. The van der Waals surface area contributed by atoms with Crippen molar-refractivity contribution >= 4 is 35.7 Å². The predicted molar refractivity (Wildman–Crippen MR) is 78.9 cm³/mol. The summed E-state index contributed by atoms with van der Waals surface area (Å²) in [7, 11) is 0. The minimum Gasteiger partial charge on any atom is -0.356 e. The molecule has 0 saturated carbocycles. The minimum absolute atomic E-state index is 0. The normalized spacial score (nSPS) is 9.58. The first-order valence-electron chi connectivity index (χ1n) is 5.89. The molecule has 1 aromatic rings. The van der Waals surface area contributed by atoms with Crippen LogP contribution in [-0.4, -0.2) is 24.8 Å². The summed E-state index contributed by atoms with van der Waals surface area (Å²) >= 11 is 5.73. The molecule has 1 amide bonds. The third-order valence-electron chi connectivity index (χ3n) is 2.45. The van der Waals surface area contributed by atoms with Crippen molar-refractivity contribution in [3.63, 3.8) is 0 Å². The van der Waals surface area contributed by atoms with E-state index < -0.39 is 0 Å². The molecule has 0 aliphatic rings. The Morgan fingerprint density at radius 1 is 1.16 bits per heavy atom. The topological polar surface area (TPSA) is 72.2 Å². The van der Waals surface area contributed by atoms with Gasteiger partial charge in [0.05, 0.1) is 0 Å². The van der Waals surface area contributed by atoms with Gasteiger partial charge in [-0.3, -0.25) is 9.59 Å². The summed E-state index contributed by atoms with van der Waals surface area (Å²) in [4.78, 5) is 23.1. The molecule has 0 aromatic heterocycles. The van der Waals surface area contributed by atoms with E-state index >= 15 is 0 Å². The minimum atomic E-state index is -0.120. The summed E-state index contributed by atoms with van der Waals surface area (Å²) in [6.45, 7) is 1.11. The molecule has 4 nitrogen and oxygen atoms in total. The monoisotopic (exact) mass is 304 g/mol. The first-order valence-corrected chi connectivity index (χ1v) is 6.27. The number of hydrogen-bond acceptors (Lipinski definition) is 3. The number of ketones is 1. The van der Waals surface area contributed by atoms with Crippen molar-refractivity contribution in [2.45, 2.75) is 19.3 Å². The van der Waals surface area contributed by atoms with Crippen LogP contribution in [0.3, 0.4) is 0 Å². The lowest BCUT2D eigenvalue weighted by molar-refractivity contribution is -0.121. The van der Waals surface area contributed by atoms with E-state index in [0.29, 0.717) is 23.7 Å². The van der Waals surface area contributed by atoms with Crippen molar-refractivity contribution in [3.8, 4) is 0 Å². The number of Topliss-reactive ketones (excluding diaryl/α,β-unsaturated/α-hetero) is 1. The van der Waals surface area contributed by atoms with E-state index in [1.54, 1.807) is 24.3 Å². The Morgan fingerprint density at radius 3 is 2.37 bits per heavy atom. The van der Waals surface area contributed by atoms with E-state index in [0.717, 1.165) is 6.42 Å². The Balaban J connectivity index is 0.00000324. The average Bonchev–Trinajstić information content (AvgIpc) is 2.37. The number of carbonyl (C=O) groups is 2. The number of hydrogen-bond donors (Lipinski definition) is 2. The zero-order valence-electron chi connectivity index (χ0n) is 10.5. The van der Waals surface area contributed by atoms with Crippen LogP contribution in [0.2, 0.25) is 5.02 Å². The molecule has 0 aliphatic heterocycles. The number of carbonyl (C=O) groups excluding carboxylic acids is 2. The second-order valence-electron chi connectivity index (χ2n) is 3.92. The highest BCUT2D eigenvalue weighted by molar-refractivity contribution is 6.30. The fraction of sp³-hybridized carbons (Fsp3) is 0.385. The molecule has 19 heavy (non-hydrogen) atoms. The van der Waals surface area contributed by atoms with Gasteiger partial charge in [0.1, 0.15) is 0 Å².